The van der Waals surface area contributed by atoms with E-state index in [1.165, 1.54) is 24.5 Å². The number of carbonyl (C=O) groups is 1. The van der Waals surface area contributed by atoms with E-state index in [1.807, 2.05) is 0 Å². The summed E-state index contributed by atoms with van der Waals surface area (Å²) in [6.07, 6.45) is 1.62. The summed E-state index contributed by atoms with van der Waals surface area (Å²) in [5, 5.41) is 17.1. The summed E-state index contributed by atoms with van der Waals surface area (Å²) in [6, 6.07) is 4.57. The van der Waals surface area contributed by atoms with Gasteiger partial charge < -0.3 is 15.2 Å². The molecule has 0 spiro atoms. The van der Waals surface area contributed by atoms with Crippen LogP contribution in [0.3, 0.4) is 0 Å². The van der Waals surface area contributed by atoms with Gasteiger partial charge in [0.25, 0.3) is 0 Å². The number of urea groups is 1. The van der Waals surface area contributed by atoms with Gasteiger partial charge in [-0.1, -0.05) is 6.07 Å². The van der Waals surface area contributed by atoms with Crippen molar-refractivity contribution in [1.29, 1.82) is 0 Å². The van der Waals surface area contributed by atoms with Gasteiger partial charge in [0.15, 0.2) is 16.6 Å². The second kappa shape index (κ2) is 6.05. The second-order valence-electron chi connectivity index (χ2n) is 3.65. The van der Waals surface area contributed by atoms with Gasteiger partial charge in [0.2, 0.25) is 0 Å². The van der Waals surface area contributed by atoms with E-state index in [2.05, 4.69) is 15.6 Å². The van der Waals surface area contributed by atoms with Crippen molar-refractivity contribution >= 4 is 22.5 Å². The number of thiazole rings is 1. The van der Waals surface area contributed by atoms with E-state index in [0.717, 1.165) is 5.56 Å². The van der Waals surface area contributed by atoms with E-state index in [4.69, 9.17) is 4.74 Å². The first-order chi connectivity index (χ1) is 9.19. The fourth-order valence-corrected chi connectivity index (χ4v) is 1.96. The molecule has 0 aliphatic heterocycles. The first-order valence-corrected chi connectivity index (χ1v) is 6.37. The smallest absolute Gasteiger partial charge is 0.321 e. The fraction of sp³-hybridized carbons (Fsp3) is 0.167. The van der Waals surface area contributed by atoms with Crippen LogP contribution >= 0.6 is 11.3 Å². The van der Waals surface area contributed by atoms with Gasteiger partial charge in [-0.05, 0) is 17.7 Å². The normalized spacial score (nSPS) is 9.95. The molecule has 19 heavy (non-hydrogen) atoms. The molecule has 0 fully saturated rings. The first-order valence-electron chi connectivity index (χ1n) is 5.49. The Balaban J connectivity index is 1.89. The third-order valence-corrected chi connectivity index (χ3v) is 3.04. The molecule has 1 aromatic carbocycles. The van der Waals surface area contributed by atoms with Crippen LogP contribution < -0.4 is 15.4 Å². The Kier molecular flexibility index (Phi) is 4.19. The second-order valence-corrected chi connectivity index (χ2v) is 4.55. The molecule has 0 atom stereocenters. The molecule has 3 N–H and O–H groups in total. The number of phenols is 1. The summed E-state index contributed by atoms with van der Waals surface area (Å²) in [4.78, 5) is 15.5. The lowest BCUT2D eigenvalue weighted by Gasteiger charge is -2.08. The molecule has 2 rings (SSSR count). The predicted molar refractivity (Wildman–Crippen MR) is 72.6 cm³/mol. The van der Waals surface area contributed by atoms with E-state index >= 15 is 0 Å². The van der Waals surface area contributed by atoms with Gasteiger partial charge in [0.05, 0.1) is 7.11 Å². The molecule has 0 aliphatic carbocycles. The van der Waals surface area contributed by atoms with Gasteiger partial charge >= 0.3 is 6.03 Å². The molecule has 0 saturated carbocycles. The van der Waals surface area contributed by atoms with E-state index in [1.54, 1.807) is 23.7 Å². The molecular weight excluding hydrogens is 266 g/mol. The molecule has 1 aromatic heterocycles. The molecule has 2 amide bonds. The molecule has 0 saturated heterocycles. The number of aromatic nitrogens is 1. The Labute approximate surface area is 114 Å². The number of nitrogens with one attached hydrogen (secondary N) is 2. The number of methoxy groups -OCH3 is 1. The zero-order valence-corrected chi connectivity index (χ0v) is 11.0. The number of carbonyl (C=O) groups excluding carboxylic acids is 1. The largest absolute Gasteiger partial charge is 0.504 e. The SMILES string of the molecule is COc1cc(CNC(=O)Nc2nccs2)ccc1O. The zero-order chi connectivity index (χ0) is 13.7. The van der Waals surface area contributed by atoms with Gasteiger partial charge in [-0.15, -0.1) is 11.3 Å². The maximum Gasteiger partial charge on any atom is 0.321 e. The number of rotatable bonds is 4. The number of nitrogens with zero attached hydrogens (tertiary/aromatic N) is 1. The zero-order valence-electron chi connectivity index (χ0n) is 10.2. The van der Waals surface area contributed by atoms with Crippen molar-refractivity contribution in [2.75, 3.05) is 12.4 Å². The maximum absolute atomic E-state index is 11.6. The number of ether oxygens (including phenoxy) is 1. The summed E-state index contributed by atoms with van der Waals surface area (Å²) in [5.74, 6) is 0.443. The fourth-order valence-electron chi connectivity index (χ4n) is 1.44. The Bertz CT molecular complexity index is 557. The van der Waals surface area contributed by atoms with Crippen LogP contribution in [0.5, 0.6) is 11.5 Å². The van der Waals surface area contributed by atoms with Crippen LogP contribution in [0, 0.1) is 0 Å². The number of phenolic OH excluding ortho intramolecular Hbond substituents is 1. The lowest BCUT2D eigenvalue weighted by molar-refractivity contribution is 0.251. The van der Waals surface area contributed by atoms with E-state index < -0.39 is 0 Å². The maximum atomic E-state index is 11.6. The Morgan fingerprint density at radius 3 is 3.05 bits per heavy atom. The van der Waals surface area contributed by atoms with Crippen LogP contribution in [-0.4, -0.2) is 23.2 Å². The minimum atomic E-state index is -0.331. The number of hydrogen-bond donors (Lipinski definition) is 3. The van der Waals surface area contributed by atoms with Gasteiger partial charge in [-0.2, -0.15) is 0 Å². The molecule has 7 heteroatoms. The molecule has 0 aliphatic rings. The van der Waals surface area contributed by atoms with Crippen molar-refractivity contribution in [2.24, 2.45) is 0 Å². The molecule has 6 nitrogen and oxygen atoms in total. The highest BCUT2D eigenvalue weighted by molar-refractivity contribution is 7.13. The third-order valence-electron chi connectivity index (χ3n) is 2.35. The molecule has 100 valence electrons. The van der Waals surface area contributed by atoms with Gasteiger partial charge in [0, 0.05) is 18.1 Å². The van der Waals surface area contributed by atoms with Crippen LogP contribution in [0.2, 0.25) is 0 Å². The van der Waals surface area contributed by atoms with Crippen molar-refractivity contribution in [2.45, 2.75) is 6.54 Å². The highest BCUT2D eigenvalue weighted by Crippen LogP contribution is 2.26. The summed E-state index contributed by atoms with van der Waals surface area (Å²) in [5.41, 5.74) is 0.823. The number of aromatic hydroxyl groups is 1. The van der Waals surface area contributed by atoms with E-state index in [9.17, 15) is 9.90 Å². The molecule has 0 unspecified atom stereocenters. The lowest BCUT2D eigenvalue weighted by Crippen LogP contribution is -2.28. The Hall–Kier alpha value is -2.28. The molecule has 1 heterocycles. The average Bonchev–Trinajstić information content (AvgIpc) is 2.90. The van der Waals surface area contributed by atoms with Crippen molar-refractivity contribution in [1.82, 2.24) is 10.3 Å². The molecular formula is C12H13N3O3S. The minimum Gasteiger partial charge on any atom is -0.504 e. The third kappa shape index (κ3) is 3.59. The highest BCUT2D eigenvalue weighted by Gasteiger charge is 2.05. The number of amides is 2. The number of hydrogen-bond acceptors (Lipinski definition) is 5. The lowest BCUT2D eigenvalue weighted by atomic mass is 10.2. The van der Waals surface area contributed by atoms with Crippen LogP contribution in [0.15, 0.2) is 29.8 Å². The standard InChI is InChI=1S/C12H13N3O3S/c1-18-10-6-8(2-3-9(10)16)7-14-11(17)15-12-13-4-5-19-12/h2-6,16H,7H2,1H3,(H2,13,14,15,17). The van der Waals surface area contributed by atoms with Crippen molar-refractivity contribution in [3.8, 4) is 11.5 Å². The average molecular weight is 279 g/mol. The minimum absolute atomic E-state index is 0.0680. The van der Waals surface area contributed by atoms with Crippen molar-refractivity contribution < 1.29 is 14.6 Å². The van der Waals surface area contributed by atoms with Crippen molar-refractivity contribution in [3.05, 3.63) is 35.3 Å². The molecule has 2 aromatic rings. The summed E-state index contributed by atoms with van der Waals surface area (Å²) < 4.78 is 4.99. The number of benzene rings is 1. The van der Waals surface area contributed by atoms with Gasteiger partial charge in [-0.3, -0.25) is 5.32 Å². The summed E-state index contributed by atoms with van der Waals surface area (Å²) >= 11 is 1.34. The Morgan fingerprint density at radius 2 is 2.37 bits per heavy atom. The first kappa shape index (κ1) is 13.2. The monoisotopic (exact) mass is 279 g/mol. The quantitative estimate of drug-likeness (QED) is 0.801. The van der Waals surface area contributed by atoms with Gasteiger partial charge in [-0.25, -0.2) is 9.78 Å². The summed E-state index contributed by atoms with van der Waals surface area (Å²) in [7, 11) is 1.47. The van der Waals surface area contributed by atoms with E-state index in [-0.39, 0.29) is 11.8 Å². The Morgan fingerprint density at radius 1 is 1.53 bits per heavy atom. The van der Waals surface area contributed by atoms with Crippen LogP contribution in [0.25, 0.3) is 0 Å². The summed E-state index contributed by atoms with van der Waals surface area (Å²) in [6.45, 7) is 0.327. The van der Waals surface area contributed by atoms with Crippen molar-refractivity contribution in [3.63, 3.8) is 0 Å². The van der Waals surface area contributed by atoms with Crippen LogP contribution in [-0.2, 0) is 6.54 Å². The predicted octanol–water partition coefficient (Wildman–Crippen LogP) is 2.18. The van der Waals surface area contributed by atoms with E-state index in [0.29, 0.717) is 17.4 Å². The molecule has 0 radical (unpaired) electrons. The molecule has 0 bridgehead atoms. The highest BCUT2D eigenvalue weighted by atomic mass is 32.1. The number of anilines is 1. The van der Waals surface area contributed by atoms with Crippen LogP contribution in [0.4, 0.5) is 9.93 Å². The van der Waals surface area contributed by atoms with Crippen LogP contribution in [0.1, 0.15) is 5.56 Å². The topological polar surface area (TPSA) is 83.5 Å². The van der Waals surface area contributed by atoms with Gasteiger partial charge in [0.1, 0.15) is 0 Å².